The molecule has 2 nitrogen and oxygen atoms in total. The van der Waals surface area contributed by atoms with Crippen LogP contribution in [0.3, 0.4) is 0 Å². The summed E-state index contributed by atoms with van der Waals surface area (Å²) in [5, 5.41) is 3.61. The first-order valence-corrected chi connectivity index (χ1v) is 7.58. The Kier molecular flexibility index (Phi) is 5.40. The Morgan fingerprint density at radius 3 is 2.52 bits per heavy atom. The van der Waals surface area contributed by atoms with Gasteiger partial charge in [0.25, 0.3) is 0 Å². The van der Waals surface area contributed by atoms with Crippen LogP contribution < -0.4 is 10.1 Å². The van der Waals surface area contributed by atoms with E-state index < -0.39 is 0 Å². The normalized spacial score (nSPS) is 12.2. The Morgan fingerprint density at radius 2 is 1.81 bits per heavy atom. The van der Waals surface area contributed by atoms with Crippen LogP contribution in [0.25, 0.3) is 0 Å². The molecular weight excluding hydrogens is 258 g/mol. The first kappa shape index (κ1) is 15.6. The summed E-state index contributed by atoms with van der Waals surface area (Å²) >= 11 is 0. The van der Waals surface area contributed by atoms with E-state index in [4.69, 9.17) is 4.74 Å². The van der Waals surface area contributed by atoms with Crippen LogP contribution in [0, 0.1) is 13.8 Å². The van der Waals surface area contributed by atoms with Crippen molar-refractivity contribution in [2.75, 3.05) is 13.7 Å². The third-order valence-corrected chi connectivity index (χ3v) is 4.09. The number of rotatable bonds is 6. The topological polar surface area (TPSA) is 21.3 Å². The molecule has 0 amide bonds. The Hall–Kier alpha value is -1.80. The van der Waals surface area contributed by atoms with E-state index in [1.807, 2.05) is 12.1 Å². The lowest BCUT2D eigenvalue weighted by Gasteiger charge is -2.22. The predicted molar refractivity (Wildman–Crippen MR) is 89.0 cm³/mol. The highest BCUT2D eigenvalue weighted by Gasteiger charge is 2.16. The third kappa shape index (κ3) is 3.64. The van der Waals surface area contributed by atoms with Crippen LogP contribution in [0.5, 0.6) is 5.75 Å². The quantitative estimate of drug-likeness (QED) is 0.857. The van der Waals surface area contributed by atoms with Gasteiger partial charge in [-0.3, -0.25) is 0 Å². The second-order valence-corrected chi connectivity index (χ2v) is 5.42. The summed E-state index contributed by atoms with van der Waals surface area (Å²) in [7, 11) is 1.74. The van der Waals surface area contributed by atoms with E-state index in [2.05, 4.69) is 56.4 Å². The summed E-state index contributed by atoms with van der Waals surface area (Å²) < 4.78 is 5.49. The van der Waals surface area contributed by atoms with E-state index in [1.54, 1.807) is 7.11 Å². The number of aryl methyl sites for hydroxylation is 1. The fourth-order valence-corrected chi connectivity index (χ4v) is 2.78. The van der Waals surface area contributed by atoms with Gasteiger partial charge in [0, 0.05) is 6.04 Å². The minimum Gasteiger partial charge on any atom is -0.496 e. The van der Waals surface area contributed by atoms with Gasteiger partial charge >= 0.3 is 0 Å². The van der Waals surface area contributed by atoms with Crippen LogP contribution in [-0.2, 0) is 6.42 Å². The molecule has 2 heteroatoms. The van der Waals surface area contributed by atoms with Crippen molar-refractivity contribution in [3.8, 4) is 5.75 Å². The van der Waals surface area contributed by atoms with Crippen molar-refractivity contribution in [1.82, 2.24) is 5.32 Å². The highest BCUT2D eigenvalue weighted by Crippen LogP contribution is 2.27. The maximum atomic E-state index is 5.49. The molecule has 1 N–H and O–H groups in total. The predicted octanol–water partition coefficient (Wildman–Crippen LogP) is 4.21. The van der Waals surface area contributed by atoms with Crippen LogP contribution in [0.15, 0.2) is 42.5 Å². The van der Waals surface area contributed by atoms with Crippen molar-refractivity contribution in [3.63, 3.8) is 0 Å². The van der Waals surface area contributed by atoms with E-state index in [-0.39, 0.29) is 0 Å². The number of methoxy groups -OCH3 is 1. The minimum absolute atomic E-state index is 0.311. The molecule has 0 spiro atoms. The largest absolute Gasteiger partial charge is 0.496 e. The van der Waals surface area contributed by atoms with Gasteiger partial charge in [-0.15, -0.1) is 0 Å². The van der Waals surface area contributed by atoms with Gasteiger partial charge in [-0.2, -0.15) is 0 Å². The Morgan fingerprint density at radius 1 is 1.05 bits per heavy atom. The van der Waals surface area contributed by atoms with Gasteiger partial charge in [-0.05, 0) is 55.1 Å². The lowest BCUT2D eigenvalue weighted by molar-refractivity contribution is 0.405. The number of likely N-dealkylation sites (N-methyl/N-ethyl adjacent to an activating group) is 1. The highest BCUT2D eigenvalue weighted by molar-refractivity contribution is 5.39. The van der Waals surface area contributed by atoms with E-state index in [9.17, 15) is 0 Å². The monoisotopic (exact) mass is 283 g/mol. The van der Waals surface area contributed by atoms with Gasteiger partial charge in [0.2, 0.25) is 0 Å². The SMILES string of the molecule is CCNC(Cc1ccccc1OC)c1cccc(C)c1C. The highest BCUT2D eigenvalue weighted by atomic mass is 16.5. The first-order valence-electron chi connectivity index (χ1n) is 7.58. The molecule has 0 saturated carbocycles. The van der Waals surface area contributed by atoms with Crippen LogP contribution in [0.4, 0.5) is 0 Å². The molecule has 0 heterocycles. The lowest BCUT2D eigenvalue weighted by Crippen LogP contribution is -2.24. The zero-order valence-electron chi connectivity index (χ0n) is 13.4. The van der Waals surface area contributed by atoms with Crippen LogP contribution >= 0.6 is 0 Å². The first-order chi connectivity index (χ1) is 10.2. The van der Waals surface area contributed by atoms with Crippen molar-refractivity contribution < 1.29 is 4.74 Å². The number of ether oxygens (including phenoxy) is 1. The van der Waals surface area contributed by atoms with Gasteiger partial charge in [-0.1, -0.05) is 43.3 Å². The number of para-hydroxylation sites is 1. The number of nitrogens with one attached hydrogen (secondary N) is 1. The Labute approximate surface area is 128 Å². The zero-order chi connectivity index (χ0) is 15.2. The zero-order valence-corrected chi connectivity index (χ0v) is 13.4. The molecule has 0 saturated heterocycles. The molecule has 2 aromatic carbocycles. The fraction of sp³-hybridized carbons (Fsp3) is 0.368. The molecule has 112 valence electrons. The molecule has 21 heavy (non-hydrogen) atoms. The number of hydrogen-bond donors (Lipinski definition) is 1. The average Bonchev–Trinajstić information content (AvgIpc) is 2.50. The van der Waals surface area contributed by atoms with Crippen molar-refractivity contribution in [2.45, 2.75) is 33.2 Å². The Balaban J connectivity index is 2.33. The summed E-state index contributed by atoms with van der Waals surface area (Å²) in [5.74, 6) is 0.964. The molecule has 0 aliphatic rings. The Bertz CT molecular complexity index is 592. The molecule has 0 aliphatic carbocycles. The van der Waals surface area contributed by atoms with Gasteiger partial charge in [0.05, 0.1) is 7.11 Å². The molecular formula is C19H25NO. The fourth-order valence-electron chi connectivity index (χ4n) is 2.78. The standard InChI is InChI=1S/C19H25NO/c1-5-20-18(17-11-8-9-14(2)15(17)3)13-16-10-6-7-12-19(16)21-4/h6-12,18,20H,5,13H2,1-4H3. The maximum Gasteiger partial charge on any atom is 0.122 e. The van der Waals surface area contributed by atoms with E-state index in [1.165, 1.54) is 22.3 Å². The molecule has 0 aliphatic heterocycles. The second kappa shape index (κ2) is 7.28. The summed E-state index contributed by atoms with van der Waals surface area (Å²) in [6.45, 7) is 7.48. The van der Waals surface area contributed by atoms with Crippen molar-refractivity contribution in [3.05, 3.63) is 64.7 Å². The molecule has 2 aromatic rings. The molecule has 1 unspecified atom stereocenters. The van der Waals surface area contributed by atoms with Gasteiger partial charge in [0.15, 0.2) is 0 Å². The van der Waals surface area contributed by atoms with Gasteiger partial charge in [-0.25, -0.2) is 0 Å². The van der Waals surface area contributed by atoms with Gasteiger partial charge < -0.3 is 10.1 Å². The van der Waals surface area contributed by atoms with E-state index >= 15 is 0 Å². The third-order valence-electron chi connectivity index (χ3n) is 4.09. The van der Waals surface area contributed by atoms with E-state index in [0.717, 1.165) is 18.7 Å². The molecule has 0 bridgehead atoms. The van der Waals surface area contributed by atoms with Crippen molar-refractivity contribution in [2.24, 2.45) is 0 Å². The smallest absolute Gasteiger partial charge is 0.122 e. The van der Waals surface area contributed by atoms with E-state index in [0.29, 0.717) is 6.04 Å². The van der Waals surface area contributed by atoms with Crippen molar-refractivity contribution in [1.29, 1.82) is 0 Å². The molecule has 2 rings (SSSR count). The van der Waals surface area contributed by atoms with Crippen LogP contribution in [-0.4, -0.2) is 13.7 Å². The summed E-state index contributed by atoms with van der Waals surface area (Å²) in [6, 6.07) is 15.1. The summed E-state index contributed by atoms with van der Waals surface area (Å²) in [4.78, 5) is 0. The molecule has 0 fully saturated rings. The number of hydrogen-bond acceptors (Lipinski definition) is 2. The second-order valence-electron chi connectivity index (χ2n) is 5.42. The molecule has 0 aromatic heterocycles. The van der Waals surface area contributed by atoms with Crippen molar-refractivity contribution >= 4 is 0 Å². The molecule has 0 radical (unpaired) electrons. The summed E-state index contributed by atoms with van der Waals surface area (Å²) in [5.41, 5.74) is 5.34. The maximum absolute atomic E-state index is 5.49. The average molecular weight is 283 g/mol. The van der Waals surface area contributed by atoms with Gasteiger partial charge in [0.1, 0.15) is 5.75 Å². The van der Waals surface area contributed by atoms with Crippen LogP contribution in [0.1, 0.15) is 35.2 Å². The summed E-state index contributed by atoms with van der Waals surface area (Å²) in [6.07, 6.45) is 0.933. The lowest BCUT2D eigenvalue weighted by atomic mass is 9.92. The number of benzene rings is 2. The minimum atomic E-state index is 0.311. The van der Waals surface area contributed by atoms with Crippen LogP contribution in [0.2, 0.25) is 0 Å². The molecule has 1 atom stereocenters.